The Labute approximate surface area is 123 Å². The number of rotatable bonds is 7. The maximum Gasteiger partial charge on any atom is 0.240 e. The summed E-state index contributed by atoms with van der Waals surface area (Å²) in [7, 11) is -3.59. The Morgan fingerprint density at radius 3 is 2.67 bits per heavy atom. The van der Waals surface area contributed by atoms with Gasteiger partial charge in [0.15, 0.2) is 0 Å². The predicted molar refractivity (Wildman–Crippen MR) is 74.8 cm³/mol. The molecule has 1 fully saturated rings. The van der Waals surface area contributed by atoms with Gasteiger partial charge in [-0.1, -0.05) is 0 Å². The summed E-state index contributed by atoms with van der Waals surface area (Å²) in [6, 6.07) is 6.00. The van der Waals surface area contributed by atoms with E-state index in [-0.39, 0.29) is 30.8 Å². The second-order valence-electron chi connectivity index (χ2n) is 4.46. The van der Waals surface area contributed by atoms with Crippen LogP contribution in [0.4, 0.5) is 0 Å². The molecule has 0 spiro atoms. The van der Waals surface area contributed by atoms with Crippen LogP contribution in [0.2, 0.25) is 0 Å². The summed E-state index contributed by atoms with van der Waals surface area (Å²) in [5.74, 6) is 0.506. The van der Waals surface area contributed by atoms with Crippen LogP contribution in [0.3, 0.4) is 0 Å². The molecular weight excluding hydrogens is 298 g/mol. The Kier molecular flexibility index (Phi) is 5.95. The quantitative estimate of drug-likeness (QED) is 0.720. The van der Waals surface area contributed by atoms with Crippen LogP contribution < -0.4 is 9.46 Å². The highest BCUT2D eigenvalue weighted by atomic mass is 32.2. The molecule has 21 heavy (non-hydrogen) atoms. The van der Waals surface area contributed by atoms with Gasteiger partial charge in [0.05, 0.1) is 37.4 Å². The van der Waals surface area contributed by atoms with Gasteiger partial charge in [-0.3, -0.25) is 0 Å². The smallest absolute Gasteiger partial charge is 0.240 e. The molecule has 1 aromatic carbocycles. The third-order valence-electron chi connectivity index (χ3n) is 2.88. The fourth-order valence-corrected chi connectivity index (χ4v) is 2.89. The van der Waals surface area contributed by atoms with Crippen LogP contribution in [-0.4, -0.2) is 59.2 Å². The fraction of sp³-hybridized carbons (Fsp3) is 0.538. The third-order valence-corrected chi connectivity index (χ3v) is 4.32. The molecule has 2 N–H and O–H groups in total. The molecule has 1 saturated heterocycles. The van der Waals surface area contributed by atoms with Gasteiger partial charge in [0.1, 0.15) is 12.4 Å². The number of benzene rings is 1. The van der Waals surface area contributed by atoms with Crippen LogP contribution in [0.25, 0.3) is 0 Å². The first-order valence-corrected chi connectivity index (χ1v) is 8.13. The highest BCUT2D eigenvalue weighted by Gasteiger charge is 2.19. The molecule has 1 aliphatic heterocycles. The molecule has 0 bridgehead atoms. The molecule has 0 aromatic heterocycles. The van der Waals surface area contributed by atoms with Gasteiger partial charge in [-0.05, 0) is 24.3 Å². The Hall–Kier alpha value is -1.19. The van der Waals surface area contributed by atoms with Crippen molar-refractivity contribution in [3.05, 3.63) is 24.3 Å². The first kappa shape index (κ1) is 16.2. The maximum absolute atomic E-state index is 12.1. The molecule has 2 rings (SSSR count). The fourth-order valence-electron chi connectivity index (χ4n) is 1.82. The molecule has 0 aliphatic carbocycles. The van der Waals surface area contributed by atoms with Crippen LogP contribution >= 0.6 is 0 Å². The van der Waals surface area contributed by atoms with Crippen LogP contribution in [0, 0.1) is 0 Å². The molecule has 0 saturated carbocycles. The molecule has 1 atom stereocenters. The van der Waals surface area contributed by atoms with Crippen molar-refractivity contribution in [3.63, 3.8) is 0 Å². The summed E-state index contributed by atoms with van der Waals surface area (Å²) in [4.78, 5) is 0.149. The molecule has 8 heteroatoms. The van der Waals surface area contributed by atoms with E-state index in [1.807, 2.05) is 0 Å². The van der Waals surface area contributed by atoms with Gasteiger partial charge in [0.2, 0.25) is 10.0 Å². The van der Waals surface area contributed by atoms with Crippen molar-refractivity contribution in [1.29, 1.82) is 0 Å². The summed E-state index contributed by atoms with van der Waals surface area (Å²) in [6.07, 6.45) is -0.263. The summed E-state index contributed by atoms with van der Waals surface area (Å²) >= 11 is 0. The molecule has 1 unspecified atom stereocenters. The molecule has 7 nitrogen and oxygen atoms in total. The van der Waals surface area contributed by atoms with Crippen molar-refractivity contribution < 1.29 is 27.7 Å². The van der Waals surface area contributed by atoms with Gasteiger partial charge in [-0.2, -0.15) is 0 Å². The van der Waals surface area contributed by atoms with Gasteiger partial charge in [-0.15, -0.1) is 0 Å². The number of ether oxygens (including phenoxy) is 3. The molecule has 1 aromatic rings. The van der Waals surface area contributed by atoms with Crippen molar-refractivity contribution in [3.8, 4) is 5.75 Å². The van der Waals surface area contributed by atoms with E-state index >= 15 is 0 Å². The number of nitrogens with one attached hydrogen (secondary N) is 1. The lowest BCUT2D eigenvalue weighted by atomic mass is 10.3. The molecule has 1 heterocycles. The average Bonchev–Trinajstić information content (AvgIpc) is 2.52. The molecule has 0 amide bonds. The first-order chi connectivity index (χ1) is 10.1. The van der Waals surface area contributed by atoms with Crippen LogP contribution in [-0.2, 0) is 19.5 Å². The molecule has 118 valence electrons. The normalized spacial score (nSPS) is 19.4. The lowest BCUT2D eigenvalue weighted by Gasteiger charge is -2.23. The van der Waals surface area contributed by atoms with Crippen LogP contribution in [0.5, 0.6) is 5.75 Å². The number of hydrogen-bond acceptors (Lipinski definition) is 6. The van der Waals surface area contributed by atoms with Crippen molar-refractivity contribution >= 4 is 10.0 Å². The monoisotopic (exact) mass is 317 g/mol. The largest absolute Gasteiger partial charge is 0.491 e. The van der Waals surface area contributed by atoms with Crippen molar-refractivity contribution in [2.24, 2.45) is 0 Å². The maximum atomic E-state index is 12.1. The van der Waals surface area contributed by atoms with Crippen molar-refractivity contribution in [2.75, 3.05) is 39.6 Å². The van der Waals surface area contributed by atoms with Gasteiger partial charge in [-0.25, -0.2) is 13.1 Å². The number of hydrogen-bond donors (Lipinski definition) is 2. The Balaban J connectivity index is 1.91. The Morgan fingerprint density at radius 1 is 1.29 bits per heavy atom. The van der Waals surface area contributed by atoms with Gasteiger partial charge < -0.3 is 19.3 Å². The zero-order chi connectivity index (χ0) is 15.1. The van der Waals surface area contributed by atoms with Gasteiger partial charge in [0.25, 0.3) is 0 Å². The van der Waals surface area contributed by atoms with E-state index in [0.717, 1.165) is 0 Å². The second-order valence-corrected chi connectivity index (χ2v) is 6.23. The molecule has 0 radical (unpaired) electrons. The SMILES string of the molecule is O=S(=O)(NCC1COCCO1)c1ccc(OCCO)cc1. The van der Waals surface area contributed by atoms with Crippen LogP contribution in [0.15, 0.2) is 29.2 Å². The third kappa shape index (κ3) is 4.94. The van der Waals surface area contributed by atoms with E-state index in [0.29, 0.717) is 25.6 Å². The minimum absolute atomic E-state index is 0.0922. The first-order valence-electron chi connectivity index (χ1n) is 6.64. The number of aliphatic hydroxyl groups excluding tert-OH is 1. The topological polar surface area (TPSA) is 94.1 Å². The minimum Gasteiger partial charge on any atom is -0.491 e. The standard InChI is InChI=1S/C13H19NO6S/c15-5-6-19-11-1-3-13(4-2-11)21(16,17)14-9-12-10-18-7-8-20-12/h1-4,12,14-15H,5-10H2. The van der Waals surface area contributed by atoms with Crippen molar-refractivity contribution in [2.45, 2.75) is 11.0 Å². The number of sulfonamides is 1. The zero-order valence-corrected chi connectivity index (χ0v) is 12.3. The average molecular weight is 317 g/mol. The van der Waals surface area contributed by atoms with Gasteiger partial charge in [0, 0.05) is 6.54 Å². The number of aliphatic hydroxyl groups is 1. The van der Waals surface area contributed by atoms with Crippen LogP contribution in [0.1, 0.15) is 0 Å². The predicted octanol–water partition coefficient (Wildman–Crippen LogP) is -0.249. The van der Waals surface area contributed by atoms with E-state index in [4.69, 9.17) is 19.3 Å². The minimum atomic E-state index is -3.59. The molecule has 1 aliphatic rings. The lowest BCUT2D eigenvalue weighted by Crippen LogP contribution is -2.39. The summed E-state index contributed by atoms with van der Waals surface area (Å²) in [6.45, 7) is 1.65. The van der Waals surface area contributed by atoms with Gasteiger partial charge >= 0.3 is 0 Å². The summed E-state index contributed by atoms with van der Waals surface area (Å²) in [5.41, 5.74) is 0. The molecular formula is C13H19NO6S. The van der Waals surface area contributed by atoms with E-state index in [9.17, 15) is 8.42 Å². The lowest BCUT2D eigenvalue weighted by molar-refractivity contribution is -0.0846. The summed E-state index contributed by atoms with van der Waals surface area (Å²) in [5, 5.41) is 8.65. The van der Waals surface area contributed by atoms with E-state index in [2.05, 4.69) is 4.72 Å². The highest BCUT2D eigenvalue weighted by molar-refractivity contribution is 7.89. The Morgan fingerprint density at radius 2 is 2.05 bits per heavy atom. The second kappa shape index (κ2) is 7.71. The van der Waals surface area contributed by atoms with E-state index in [1.54, 1.807) is 12.1 Å². The van der Waals surface area contributed by atoms with E-state index in [1.165, 1.54) is 12.1 Å². The van der Waals surface area contributed by atoms with Crippen molar-refractivity contribution in [1.82, 2.24) is 4.72 Å². The van der Waals surface area contributed by atoms with E-state index < -0.39 is 10.0 Å². The summed E-state index contributed by atoms with van der Waals surface area (Å²) < 4.78 is 42.5. The Bertz CT molecular complexity index is 524. The zero-order valence-electron chi connectivity index (χ0n) is 11.5. The highest BCUT2D eigenvalue weighted by Crippen LogP contribution is 2.16.